The third kappa shape index (κ3) is 4.90. The van der Waals surface area contributed by atoms with Gasteiger partial charge >= 0.3 is 6.36 Å². The maximum Gasteiger partial charge on any atom is 0.573 e. The van der Waals surface area contributed by atoms with Crippen molar-refractivity contribution in [2.75, 3.05) is 5.32 Å². The van der Waals surface area contributed by atoms with Gasteiger partial charge in [-0.15, -0.1) is 13.2 Å². The largest absolute Gasteiger partial charge is 0.573 e. The lowest BCUT2D eigenvalue weighted by Crippen LogP contribution is -2.18. The van der Waals surface area contributed by atoms with Crippen molar-refractivity contribution in [2.45, 2.75) is 26.3 Å². The van der Waals surface area contributed by atoms with E-state index in [1.165, 1.54) is 30.5 Å². The molecule has 0 fully saturated rings. The first kappa shape index (κ1) is 23.0. The molecule has 4 rings (SSSR count). The summed E-state index contributed by atoms with van der Waals surface area (Å²) in [6, 6.07) is 9.53. The Morgan fingerprint density at radius 3 is 2.59 bits per heavy atom. The zero-order chi connectivity index (χ0) is 24.5. The topological polar surface area (TPSA) is 86.1 Å². The van der Waals surface area contributed by atoms with Crippen LogP contribution in [0.5, 0.6) is 5.75 Å². The molecule has 34 heavy (non-hydrogen) atoms. The summed E-state index contributed by atoms with van der Waals surface area (Å²) in [5.41, 5.74) is 1.55. The Bertz CT molecular complexity index is 1380. The summed E-state index contributed by atoms with van der Waals surface area (Å²) in [7, 11) is 0. The van der Waals surface area contributed by atoms with Crippen LogP contribution in [0.25, 0.3) is 10.9 Å². The van der Waals surface area contributed by atoms with Crippen molar-refractivity contribution in [3.63, 3.8) is 0 Å². The van der Waals surface area contributed by atoms with Gasteiger partial charge in [-0.05, 0) is 50.2 Å². The molecule has 0 aliphatic heterocycles. The molecule has 3 aromatic heterocycles. The van der Waals surface area contributed by atoms with Gasteiger partial charge in [0.25, 0.3) is 5.91 Å². The van der Waals surface area contributed by atoms with Crippen LogP contribution in [0.1, 0.15) is 46.2 Å². The number of aromatic nitrogens is 3. The number of hydrogen-bond donors (Lipinski definition) is 1. The monoisotopic (exact) mass is 468 g/mol. The molecule has 0 spiro atoms. The zero-order valence-corrected chi connectivity index (χ0v) is 18.1. The van der Waals surface area contributed by atoms with Crippen LogP contribution in [0.2, 0.25) is 0 Å². The Morgan fingerprint density at radius 2 is 1.85 bits per heavy atom. The van der Waals surface area contributed by atoms with E-state index in [4.69, 9.17) is 0 Å². The second-order valence-electron chi connectivity index (χ2n) is 7.73. The van der Waals surface area contributed by atoms with Crippen LogP contribution in [-0.4, -0.2) is 32.6 Å². The fourth-order valence-electron chi connectivity index (χ4n) is 3.52. The summed E-state index contributed by atoms with van der Waals surface area (Å²) < 4.78 is 43.2. The first-order valence-electron chi connectivity index (χ1n) is 10.2. The van der Waals surface area contributed by atoms with Gasteiger partial charge in [-0.1, -0.05) is 6.07 Å². The van der Waals surface area contributed by atoms with Crippen LogP contribution in [-0.2, 0) is 0 Å². The van der Waals surface area contributed by atoms with E-state index in [2.05, 4.69) is 20.0 Å². The molecule has 0 aliphatic rings. The van der Waals surface area contributed by atoms with Crippen LogP contribution in [0.3, 0.4) is 0 Å². The fraction of sp³-hybridized carbons (Fsp3) is 0.167. The summed E-state index contributed by atoms with van der Waals surface area (Å²) in [6.07, 6.45) is 1.54. The number of ketones is 1. The van der Waals surface area contributed by atoms with E-state index in [0.717, 1.165) is 17.6 Å². The Balaban J connectivity index is 1.59. The highest BCUT2D eigenvalue weighted by atomic mass is 19.4. The molecule has 0 aliphatic carbocycles. The van der Waals surface area contributed by atoms with Gasteiger partial charge in [0.2, 0.25) is 0 Å². The number of anilines is 1. The van der Waals surface area contributed by atoms with Crippen molar-refractivity contribution < 1.29 is 27.5 Å². The van der Waals surface area contributed by atoms with Gasteiger partial charge in [-0.3, -0.25) is 14.6 Å². The van der Waals surface area contributed by atoms with E-state index >= 15 is 0 Å². The van der Waals surface area contributed by atoms with E-state index in [-0.39, 0.29) is 28.8 Å². The number of carbonyl (C=O) groups is 2. The number of fused-ring (bicyclic) bond motifs is 1. The first-order valence-corrected chi connectivity index (χ1v) is 10.2. The van der Waals surface area contributed by atoms with Crippen molar-refractivity contribution in [1.82, 2.24) is 14.5 Å². The molecule has 4 aromatic rings. The third-order valence-electron chi connectivity index (χ3n) is 5.03. The molecule has 1 amide bonds. The van der Waals surface area contributed by atoms with Gasteiger partial charge in [0.15, 0.2) is 5.78 Å². The standard InChI is InChI=1S/C24H19F3N4O3/c1-14(2)31-13-19(18-12-28-8-7-20(18)31)22(32)15-6-9-29-21(11-15)30-23(33)16-4-3-5-17(10-16)34-24(25,26)27/h3-14H,1-2H3,(H,29,30,33). The maximum atomic E-state index is 13.3. The Labute approximate surface area is 192 Å². The number of nitrogens with zero attached hydrogens (tertiary/aromatic N) is 3. The van der Waals surface area contributed by atoms with Crippen LogP contribution in [0.15, 0.2) is 67.3 Å². The van der Waals surface area contributed by atoms with E-state index in [0.29, 0.717) is 10.9 Å². The molecule has 174 valence electrons. The number of carbonyl (C=O) groups excluding carboxylic acids is 2. The van der Waals surface area contributed by atoms with E-state index in [1.807, 2.05) is 24.5 Å². The van der Waals surface area contributed by atoms with Crippen LogP contribution in [0.4, 0.5) is 19.0 Å². The number of rotatable bonds is 6. The SMILES string of the molecule is CC(C)n1cc(C(=O)c2ccnc(NC(=O)c3cccc(OC(F)(F)F)c3)c2)c2cnccc21. The van der Waals surface area contributed by atoms with Crippen LogP contribution >= 0.6 is 0 Å². The summed E-state index contributed by atoms with van der Waals surface area (Å²) in [5.74, 6) is -1.43. The second kappa shape index (κ2) is 8.97. The average Bonchev–Trinajstić information content (AvgIpc) is 3.18. The molecule has 0 saturated heterocycles. The molecule has 0 bridgehead atoms. The number of ether oxygens (including phenoxy) is 1. The third-order valence-corrected chi connectivity index (χ3v) is 5.03. The number of benzene rings is 1. The fourth-order valence-corrected chi connectivity index (χ4v) is 3.52. The van der Waals surface area contributed by atoms with Crippen LogP contribution < -0.4 is 10.1 Å². The summed E-state index contributed by atoms with van der Waals surface area (Å²) >= 11 is 0. The quantitative estimate of drug-likeness (QED) is 0.383. The molecule has 0 saturated carbocycles. The van der Waals surface area contributed by atoms with Crippen LogP contribution in [0, 0.1) is 0 Å². The molecular formula is C24H19F3N4O3. The minimum Gasteiger partial charge on any atom is -0.406 e. The lowest BCUT2D eigenvalue weighted by molar-refractivity contribution is -0.274. The lowest BCUT2D eigenvalue weighted by atomic mass is 10.0. The van der Waals surface area contributed by atoms with Crippen molar-refractivity contribution in [1.29, 1.82) is 0 Å². The number of halogens is 3. The van der Waals surface area contributed by atoms with E-state index in [1.54, 1.807) is 18.6 Å². The van der Waals surface area contributed by atoms with Crippen molar-refractivity contribution in [3.8, 4) is 5.75 Å². The predicted octanol–water partition coefficient (Wildman–Crippen LogP) is 5.39. The van der Waals surface area contributed by atoms with E-state index < -0.39 is 18.0 Å². The van der Waals surface area contributed by atoms with Gasteiger partial charge in [-0.25, -0.2) is 4.98 Å². The molecule has 0 unspecified atom stereocenters. The molecule has 10 heteroatoms. The molecule has 3 heterocycles. The Hall–Kier alpha value is -4.21. The Kier molecular flexibility index (Phi) is 6.06. The minimum absolute atomic E-state index is 0.0636. The zero-order valence-electron chi connectivity index (χ0n) is 18.1. The summed E-state index contributed by atoms with van der Waals surface area (Å²) in [4.78, 5) is 34.0. The molecule has 1 aromatic carbocycles. The van der Waals surface area contributed by atoms with Gasteiger partial charge in [-0.2, -0.15) is 0 Å². The van der Waals surface area contributed by atoms with Crippen molar-refractivity contribution in [2.24, 2.45) is 0 Å². The summed E-state index contributed by atoms with van der Waals surface area (Å²) in [5, 5.41) is 3.20. The first-order chi connectivity index (χ1) is 16.1. The molecule has 0 atom stereocenters. The number of pyridine rings is 2. The van der Waals surface area contributed by atoms with Gasteiger partial charge in [0.05, 0.1) is 5.52 Å². The molecule has 0 radical (unpaired) electrons. The number of hydrogen-bond acceptors (Lipinski definition) is 5. The lowest BCUT2D eigenvalue weighted by Gasteiger charge is -2.10. The highest BCUT2D eigenvalue weighted by Crippen LogP contribution is 2.27. The summed E-state index contributed by atoms with van der Waals surface area (Å²) in [6.45, 7) is 4.01. The van der Waals surface area contributed by atoms with Gasteiger partial charge < -0.3 is 14.6 Å². The molecular weight excluding hydrogens is 449 g/mol. The highest BCUT2D eigenvalue weighted by Gasteiger charge is 2.31. The van der Waals surface area contributed by atoms with Crippen molar-refractivity contribution >= 4 is 28.4 Å². The minimum atomic E-state index is -4.88. The maximum absolute atomic E-state index is 13.3. The second-order valence-corrected chi connectivity index (χ2v) is 7.73. The van der Waals surface area contributed by atoms with Gasteiger partial charge in [0.1, 0.15) is 11.6 Å². The van der Waals surface area contributed by atoms with Crippen molar-refractivity contribution in [3.05, 3.63) is 83.9 Å². The number of nitrogens with one attached hydrogen (secondary N) is 1. The number of alkyl halides is 3. The van der Waals surface area contributed by atoms with E-state index in [9.17, 15) is 22.8 Å². The smallest absolute Gasteiger partial charge is 0.406 e. The highest BCUT2D eigenvalue weighted by molar-refractivity contribution is 6.16. The number of amides is 1. The average molecular weight is 468 g/mol. The predicted molar refractivity (Wildman–Crippen MR) is 119 cm³/mol. The van der Waals surface area contributed by atoms with Gasteiger partial charge in [0, 0.05) is 52.9 Å². The molecule has 7 nitrogen and oxygen atoms in total. The Morgan fingerprint density at radius 1 is 1.06 bits per heavy atom. The normalized spacial score (nSPS) is 11.6. The molecule has 1 N–H and O–H groups in total.